The number of aryl methyl sites for hydroxylation is 3. The Morgan fingerprint density at radius 2 is 1.65 bits per heavy atom. The standard InChI is InChI=1S/C16H18N2O2/c1-10-5-11(2)7-13(6-10)18(4)16(20)14-9-17-12(3)8-15(14)19/h5-9H,1-4H3,(H,17,19). The van der Waals surface area contributed by atoms with Gasteiger partial charge in [0.15, 0.2) is 5.43 Å². The molecule has 20 heavy (non-hydrogen) atoms. The average molecular weight is 270 g/mol. The normalized spacial score (nSPS) is 10.4. The van der Waals surface area contributed by atoms with Gasteiger partial charge in [-0.25, -0.2) is 0 Å². The molecule has 0 aliphatic heterocycles. The summed E-state index contributed by atoms with van der Waals surface area (Å²) in [5.74, 6) is -0.309. The first-order valence-electron chi connectivity index (χ1n) is 6.44. The van der Waals surface area contributed by atoms with Crippen molar-refractivity contribution in [3.63, 3.8) is 0 Å². The molecular formula is C16H18N2O2. The highest BCUT2D eigenvalue weighted by Crippen LogP contribution is 2.18. The minimum Gasteiger partial charge on any atom is -0.364 e. The second-order valence-electron chi connectivity index (χ2n) is 5.10. The molecule has 0 saturated heterocycles. The van der Waals surface area contributed by atoms with Crippen LogP contribution in [0, 0.1) is 20.8 Å². The fraction of sp³-hybridized carbons (Fsp3) is 0.250. The van der Waals surface area contributed by atoms with Gasteiger partial charge in [0.05, 0.1) is 0 Å². The molecule has 2 aromatic rings. The Morgan fingerprint density at radius 1 is 1.05 bits per heavy atom. The smallest absolute Gasteiger partial charge is 0.263 e. The molecular weight excluding hydrogens is 252 g/mol. The van der Waals surface area contributed by atoms with Crippen LogP contribution < -0.4 is 10.3 Å². The predicted octanol–water partition coefficient (Wildman–Crippen LogP) is 2.58. The van der Waals surface area contributed by atoms with E-state index >= 15 is 0 Å². The van der Waals surface area contributed by atoms with Crippen LogP contribution in [0.4, 0.5) is 5.69 Å². The van der Waals surface area contributed by atoms with E-state index in [1.54, 1.807) is 14.0 Å². The number of rotatable bonds is 2. The van der Waals surface area contributed by atoms with Crippen molar-refractivity contribution >= 4 is 11.6 Å². The van der Waals surface area contributed by atoms with Crippen LogP contribution in [0.2, 0.25) is 0 Å². The van der Waals surface area contributed by atoms with Crippen LogP contribution in [0.3, 0.4) is 0 Å². The minimum atomic E-state index is -0.309. The van der Waals surface area contributed by atoms with Crippen molar-refractivity contribution in [3.05, 3.63) is 63.1 Å². The van der Waals surface area contributed by atoms with Gasteiger partial charge in [-0.2, -0.15) is 0 Å². The first-order valence-corrected chi connectivity index (χ1v) is 6.44. The Labute approximate surface area is 118 Å². The molecule has 0 saturated carbocycles. The Kier molecular flexibility index (Phi) is 3.74. The topological polar surface area (TPSA) is 53.2 Å². The van der Waals surface area contributed by atoms with E-state index in [0.29, 0.717) is 0 Å². The van der Waals surface area contributed by atoms with E-state index in [-0.39, 0.29) is 16.9 Å². The summed E-state index contributed by atoms with van der Waals surface area (Å²) < 4.78 is 0. The van der Waals surface area contributed by atoms with Crippen molar-refractivity contribution in [2.75, 3.05) is 11.9 Å². The first kappa shape index (κ1) is 14.1. The van der Waals surface area contributed by atoms with Crippen molar-refractivity contribution < 1.29 is 4.79 Å². The molecule has 0 fully saturated rings. The molecule has 1 N–H and O–H groups in total. The summed E-state index contributed by atoms with van der Waals surface area (Å²) in [6.45, 7) is 5.74. The van der Waals surface area contributed by atoms with Crippen molar-refractivity contribution in [2.24, 2.45) is 0 Å². The molecule has 4 heteroatoms. The van der Waals surface area contributed by atoms with E-state index in [1.807, 2.05) is 32.0 Å². The molecule has 0 atom stereocenters. The number of hydrogen-bond acceptors (Lipinski definition) is 2. The van der Waals surface area contributed by atoms with Crippen molar-refractivity contribution in [1.29, 1.82) is 0 Å². The number of pyridine rings is 1. The number of hydrogen-bond donors (Lipinski definition) is 1. The maximum atomic E-state index is 12.4. The van der Waals surface area contributed by atoms with Crippen LogP contribution in [0.1, 0.15) is 27.2 Å². The van der Waals surface area contributed by atoms with E-state index < -0.39 is 0 Å². The molecule has 0 radical (unpaired) electrons. The zero-order chi connectivity index (χ0) is 14.9. The van der Waals surface area contributed by atoms with Gasteiger partial charge < -0.3 is 9.88 Å². The average Bonchev–Trinajstić information content (AvgIpc) is 2.36. The predicted molar refractivity (Wildman–Crippen MR) is 80.4 cm³/mol. The quantitative estimate of drug-likeness (QED) is 0.912. The molecule has 0 unspecified atom stereocenters. The number of carbonyl (C=O) groups excluding carboxylic acids is 1. The number of H-pyrrole nitrogens is 1. The summed E-state index contributed by atoms with van der Waals surface area (Å²) in [5.41, 5.74) is 3.57. The van der Waals surface area contributed by atoms with Crippen LogP contribution in [-0.2, 0) is 0 Å². The fourth-order valence-electron chi connectivity index (χ4n) is 2.18. The van der Waals surface area contributed by atoms with Gasteiger partial charge in [0.2, 0.25) is 0 Å². The molecule has 1 amide bonds. The summed E-state index contributed by atoms with van der Waals surface area (Å²) >= 11 is 0. The number of aromatic nitrogens is 1. The minimum absolute atomic E-state index is 0.150. The lowest BCUT2D eigenvalue weighted by atomic mass is 10.1. The van der Waals surface area contributed by atoms with Gasteiger partial charge in [-0.3, -0.25) is 9.59 Å². The Balaban J connectivity index is 2.39. The van der Waals surface area contributed by atoms with Crippen LogP contribution in [0.15, 0.2) is 35.3 Å². The maximum Gasteiger partial charge on any atom is 0.263 e. The lowest BCUT2D eigenvalue weighted by Crippen LogP contribution is -2.31. The van der Waals surface area contributed by atoms with Gasteiger partial charge in [-0.1, -0.05) is 6.07 Å². The SMILES string of the molecule is Cc1cc(C)cc(N(C)C(=O)c2c[nH]c(C)cc2=O)c1. The highest BCUT2D eigenvalue weighted by Gasteiger charge is 2.17. The van der Waals surface area contributed by atoms with Gasteiger partial charge >= 0.3 is 0 Å². The van der Waals surface area contributed by atoms with Gasteiger partial charge in [0.1, 0.15) is 5.56 Å². The molecule has 2 rings (SSSR count). The molecule has 1 aromatic heterocycles. The number of anilines is 1. The largest absolute Gasteiger partial charge is 0.364 e. The monoisotopic (exact) mass is 270 g/mol. The third-order valence-electron chi connectivity index (χ3n) is 3.19. The van der Waals surface area contributed by atoms with Crippen molar-refractivity contribution in [3.8, 4) is 0 Å². The zero-order valence-electron chi connectivity index (χ0n) is 12.2. The second kappa shape index (κ2) is 5.33. The number of nitrogens with zero attached hydrogens (tertiary/aromatic N) is 1. The van der Waals surface area contributed by atoms with Crippen molar-refractivity contribution in [1.82, 2.24) is 4.98 Å². The molecule has 0 aliphatic carbocycles. The lowest BCUT2D eigenvalue weighted by molar-refractivity contribution is 0.0991. The molecule has 4 nitrogen and oxygen atoms in total. The van der Waals surface area contributed by atoms with Gasteiger partial charge in [0.25, 0.3) is 5.91 Å². The van der Waals surface area contributed by atoms with E-state index in [4.69, 9.17) is 0 Å². The molecule has 0 bridgehead atoms. The number of aromatic amines is 1. The van der Waals surface area contributed by atoms with Crippen LogP contribution in [-0.4, -0.2) is 17.9 Å². The number of carbonyl (C=O) groups is 1. The summed E-state index contributed by atoms with van der Waals surface area (Å²) in [4.78, 5) is 28.7. The zero-order valence-corrected chi connectivity index (χ0v) is 12.2. The third kappa shape index (κ3) is 2.79. The van der Waals surface area contributed by atoms with E-state index in [9.17, 15) is 9.59 Å². The maximum absolute atomic E-state index is 12.4. The first-order chi connectivity index (χ1) is 9.38. The van der Waals surface area contributed by atoms with E-state index in [1.165, 1.54) is 17.2 Å². The summed E-state index contributed by atoms with van der Waals surface area (Å²) in [5, 5.41) is 0. The highest BCUT2D eigenvalue weighted by atomic mass is 16.2. The van der Waals surface area contributed by atoms with Gasteiger partial charge in [0, 0.05) is 30.7 Å². The second-order valence-corrected chi connectivity index (χ2v) is 5.10. The summed E-state index contributed by atoms with van der Waals surface area (Å²) in [6.07, 6.45) is 1.47. The van der Waals surface area contributed by atoms with Crippen LogP contribution >= 0.6 is 0 Å². The Morgan fingerprint density at radius 3 is 2.20 bits per heavy atom. The molecule has 1 aromatic carbocycles. The Hall–Kier alpha value is -2.36. The molecule has 0 spiro atoms. The number of benzene rings is 1. The lowest BCUT2D eigenvalue weighted by Gasteiger charge is -2.18. The summed E-state index contributed by atoms with van der Waals surface area (Å²) in [7, 11) is 1.68. The summed E-state index contributed by atoms with van der Waals surface area (Å²) in [6, 6.07) is 7.32. The number of nitrogens with one attached hydrogen (secondary N) is 1. The van der Waals surface area contributed by atoms with Gasteiger partial charge in [-0.15, -0.1) is 0 Å². The molecule has 104 valence electrons. The number of amides is 1. The Bertz CT molecular complexity index is 696. The molecule has 0 aliphatic rings. The van der Waals surface area contributed by atoms with Gasteiger partial charge in [-0.05, 0) is 44.0 Å². The fourth-order valence-corrected chi connectivity index (χ4v) is 2.18. The van der Waals surface area contributed by atoms with E-state index in [0.717, 1.165) is 22.5 Å². The highest BCUT2D eigenvalue weighted by molar-refractivity contribution is 6.05. The van der Waals surface area contributed by atoms with Crippen LogP contribution in [0.25, 0.3) is 0 Å². The van der Waals surface area contributed by atoms with Crippen LogP contribution in [0.5, 0.6) is 0 Å². The van der Waals surface area contributed by atoms with E-state index in [2.05, 4.69) is 4.98 Å². The molecule has 1 heterocycles. The van der Waals surface area contributed by atoms with Crippen molar-refractivity contribution in [2.45, 2.75) is 20.8 Å². The third-order valence-corrected chi connectivity index (χ3v) is 3.19.